The van der Waals surface area contributed by atoms with Crippen molar-refractivity contribution in [3.05, 3.63) is 123 Å². The predicted molar refractivity (Wildman–Crippen MR) is 462 cm³/mol. The minimum atomic E-state index is -2.22. The topological polar surface area (TPSA) is 1010 Å². The lowest BCUT2D eigenvalue weighted by Gasteiger charge is -2.26. The molecule has 18 rings (SSSR count). The van der Waals surface area contributed by atoms with Gasteiger partial charge in [0.05, 0.1) is 75.3 Å². The summed E-state index contributed by atoms with van der Waals surface area (Å²) in [7, 11) is 0. The molecule has 36 N–H and O–H groups in total. The van der Waals surface area contributed by atoms with Gasteiger partial charge in [0.15, 0.2) is 68.2 Å². The molecule has 724 valence electrons. The van der Waals surface area contributed by atoms with Crippen LogP contribution in [0.4, 0.5) is 47.1 Å². The monoisotopic (exact) mass is 1930 g/mol. The lowest BCUT2D eigenvalue weighted by molar-refractivity contribution is -0.101. The van der Waals surface area contributed by atoms with Gasteiger partial charge in [0, 0.05) is 0 Å². The van der Waals surface area contributed by atoms with Gasteiger partial charge in [0.25, 0.3) is 11.1 Å². The van der Waals surface area contributed by atoms with Gasteiger partial charge in [-0.1, -0.05) is 35.5 Å². The summed E-state index contributed by atoms with van der Waals surface area (Å²) in [4.78, 5) is 55.2. The highest BCUT2D eigenvalue weighted by molar-refractivity contribution is 5.69. The molecule has 0 aromatic carbocycles. The van der Waals surface area contributed by atoms with E-state index in [1.165, 1.54) is 52.0 Å². The molecule has 24 atom stereocenters. The predicted octanol–water partition coefficient (Wildman–Crippen LogP) is -14.9. The van der Waals surface area contributed by atoms with Crippen molar-refractivity contribution >= 4 is 80.6 Å². The molecular weight excluding hydrogens is 1850 g/mol. The number of imidazole rings is 3. The van der Waals surface area contributed by atoms with E-state index in [0.29, 0.717) is 16.7 Å². The van der Waals surface area contributed by atoms with Crippen LogP contribution in [0, 0.1) is 131 Å². The van der Waals surface area contributed by atoms with E-state index in [1.54, 1.807) is 36.4 Å². The number of aromatic nitrogens is 21. The van der Waals surface area contributed by atoms with Crippen molar-refractivity contribution in [2.75, 3.05) is 85.5 Å². The van der Waals surface area contributed by atoms with Gasteiger partial charge in [-0.2, -0.15) is 46.5 Å². The zero-order chi connectivity index (χ0) is 103. The van der Waals surface area contributed by atoms with Crippen molar-refractivity contribution in [3.63, 3.8) is 0 Å². The average molecular weight is 1930 g/mol. The van der Waals surface area contributed by atoms with E-state index >= 15 is 0 Å². The van der Waals surface area contributed by atoms with Gasteiger partial charge < -0.3 is 166 Å². The van der Waals surface area contributed by atoms with E-state index in [-0.39, 0.29) is 98.0 Å². The number of aliphatic hydroxyl groups excluding tert-OH is 18. The van der Waals surface area contributed by atoms with Gasteiger partial charge in [-0.05, 0) is 36.4 Å². The molecule has 18 heterocycles. The standard InChI is InChI=1S/C14H14N6O4.C14H13N5O5.C13H13N7O4.C13H12N6O5.C13H12N6O4.C13H14N4O4/c1-2-13(6-21)9(22)10(23)14(5-15,24-13)8-4-3-7-11(16)18-12(17)19-20(7)8;1-2-13(6-20)9(21)10(22)14(5-15,24-13)8-4-3-7-11(23)17-12(16)18-19(7)8;1-2-12(5-21)7(22)8(23)13(4-14,24-12)6-3-17-10-9(15)18-11(16)19-20(6)10;1-2-12(5-20)7(21)8(22)13(4-14,24-12)6-3-16-9-10(23)17-11(15)18-19(6)9;1-2-12(5-20)8(21)9(22)13(4-14,23-12)7-3-16-11-10(15)17-6-18-19(7)11;1-2-13(5-18)11(20)9(19)10(21-13)7-3-4-8-12(14)15-6-16-17(7)8/h1,3-4,9-10,21-23H,6H2,(H4,16,17,18,19);1,3-4,9-10,20-22H,6H2,(H3,16,17,18,23);1,3,7-8,21-23H,5H2,(H4,15,16,18,19);1,3,7-8,20-22H,5H2,(H3,15,17,18,23);1,3,6,8-9,20-22H,5H2,(H2,15,17,18);1,3-4,6,9-11,18-20H,5H2,(H2,14,15,16)/t2*9-,10?,13-,14+;2*7-,8?,12-,13+;8-,9?,12-,13+;9?,10-,11+,13+/m111110/s1. The Balaban J connectivity index is 0.000000142. The van der Waals surface area contributed by atoms with E-state index in [0.717, 1.165) is 30.6 Å². The number of aliphatic hydroxyl groups is 18. The second-order valence-corrected chi connectivity index (χ2v) is 31.2. The minimum Gasteiger partial charge on any atom is -0.392 e. The molecule has 140 heavy (non-hydrogen) atoms. The Morgan fingerprint density at radius 2 is 0.657 bits per heavy atom. The Morgan fingerprint density at radius 3 is 1.04 bits per heavy atom. The number of fused-ring (bicyclic) bond motifs is 6. The minimum absolute atomic E-state index is 0.00113. The van der Waals surface area contributed by atoms with E-state index in [1.807, 2.05) is 6.07 Å². The molecule has 6 aliphatic heterocycles. The molecule has 12 aromatic rings. The highest BCUT2D eigenvalue weighted by atomic mass is 16.6. The van der Waals surface area contributed by atoms with Crippen molar-refractivity contribution in [2.45, 2.75) is 141 Å². The van der Waals surface area contributed by atoms with E-state index in [4.69, 9.17) is 113 Å². The number of H-pyrrole nitrogens is 2. The molecule has 0 spiro atoms. The normalized spacial score (nSPS) is 32.7. The molecular formula is C80H78N34O26. The first-order valence-corrected chi connectivity index (χ1v) is 39.7. The van der Waals surface area contributed by atoms with Crippen molar-refractivity contribution in [1.29, 1.82) is 26.3 Å². The van der Waals surface area contributed by atoms with E-state index in [9.17, 15) is 128 Å². The van der Waals surface area contributed by atoms with Crippen LogP contribution in [0.25, 0.3) is 33.5 Å². The van der Waals surface area contributed by atoms with Crippen LogP contribution in [-0.2, 0) is 56.4 Å². The number of nitrogens with zero attached hydrogens (tertiary/aromatic N) is 24. The summed E-state index contributed by atoms with van der Waals surface area (Å²) in [5, 5.41) is 252. The van der Waals surface area contributed by atoms with Crippen LogP contribution in [0.1, 0.15) is 40.3 Å². The Kier molecular flexibility index (Phi) is 26.5. The summed E-state index contributed by atoms with van der Waals surface area (Å²) in [6, 6.07) is 17.8. The maximum atomic E-state index is 11.9. The van der Waals surface area contributed by atoms with Crippen LogP contribution in [-0.4, -0.2) is 341 Å². The van der Waals surface area contributed by atoms with Gasteiger partial charge in [0.1, 0.15) is 156 Å². The molecule has 60 heteroatoms. The van der Waals surface area contributed by atoms with Crippen LogP contribution < -0.4 is 57.0 Å². The summed E-state index contributed by atoms with van der Waals surface area (Å²) in [5.41, 5.74) is 22.7. The quantitative estimate of drug-likeness (QED) is 0.0505. The summed E-state index contributed by atoms with van der Waals surface area (Å²) in [5.74, 6) is 12.1. The van der Waals surface area contributed by atoms with E-state index < -0.39 is 192 Å². The maximum absolute atomic E-state index is 11.9. The summed E-state index contributed by atoms with van der Waals surface area (Å²) < 4.78 is 39.8. The number of nitriles is 5. The number of nitrogens with one attached hydrogen (secondary N) is 2. The van der Waals surface area contributed by atoms with Crippen LogP contribution in [0.5, 0.6) is 0 Å². The van der Waals surface area contributed by atoms with Gasteiger partial charge in [-0.25, -0.2) is 52.0 Å². The number of terminal acetylenes is 6. The van der Waals surface area contributed by atoms with Gasteiger partial charge in [-0.3, -0.25) is 19.6 Å². The molecule has 12 aromatic heterocycles. The van der Waals surface area contributed by atoms with Crippen LogP contribution >= 0.6 is 0 Å². The first-order chi connectivity index (χ1) is 66.4. The average Bonchev–Trinajstić information content (AvgIpc) is 1.59. The second kappa shape index (κ2) is 36.8. The van der Waals surface area contributed by atoms with Crippen molar-refractivity contribution < 1.29 is 120 Å². The fourth-order valence-electron chi connectivity index (χ4n) is 16.2. The number of ether oxygens (including phenoxy) is 6. The van der Waals surface area contributed by atoms with Gasteiger partial charge in [-0.15, -0.1) is 58.9 Å². The molecule has 0 amide bonds. The fourth-order valence-corrected chi connectivity index (χ4v) is 16.2. The number of anilines is 8. The number of nitrogens with two attached hydrogens (primary N) is 8. The lowest BCUT2D eigenvalue weighted by atomic mass is 9.89. The highest BCUT2D eigenvalue weighted by Crippen LogP contribution is 2.51. The number of aromatic amines is 2. The highest BCUT2D eigenvalue weighted by Gasteiger charge is 2.70. The zero-order valence-corrected chi connectivity index (χ0v) is 71.2. The zero-order valence-electron chi connectivity index (χ0n) is 71.2. The van der Waals surface area contributed by atoms with Crippen LogP contribution in [0.15, 0.2) is 77.2 Å². The molecule has 60 nitrogen and oxygen atoms in total. The van der Waals surface area contributed by atoms with Crippen molar-refractivity contribution in [1.82, 2.24) is 103 Å². The smallest absolute Gasteiger partial charge is 0.295 e. The largest absolute Gasteiger partial charge is 0.392 e. The number of hydrogen-bond acceptors (Lipinski definition) is 52. The molecule has 6 fully saturated rings. The Labute approximate surface area is 780 Å². The molecule has 6 saturated heterocycles. The number of rotatable bonds is 12. The summed E-state index contributed by atoms with van der Waals surface area (Å²) in [6.45, 7) is -4.70. The van der Waals surface area contributed by atoms with E-state index in [2.05, 4.69) is 111 Å². The molecule has 0 saturated carbocycles. The number of nitrogen functional groups attached to an aromatic ring is 8. The first kappa shape index (κ1) is 101. The van der Waals surface area contributed by atoms with Crippen molar-refractivity contribution in [2.24, 2.45) is 0 Å². The molecule has 6 unspecified atom stereocenters. The Bertz CT molecular complexity index is 7240. The molecule has 0 bridgehead atoms. The maximum Gasteiger partial charge on any atom is 0.295 e. The van der Waals surface area contributed by atoms with Crippen LogP contribution in [0.3, 0.4) is 0 Å². The molecule has 0 radical (unpaired) electrons. The fraction of sp³-hybridized carbons (Fsp3) is 0.375. The summed E-state index contributed by atoms with van der Waals surface area (Å²) in [6.07, 6.45) is 16.5. The van der Waals surface area contributed by atoms with Crippen LogP contribution in [0.2, 0.25) is 0 Å². The first-order valence-electron chi connectivity index (χ1n) is 39.7. The SMILES string of the molecule is C#C[C@]1(CO)O[C@@H](c2ccc3c(N)ncnn23)C(O)[C@H]1O.C#C[C@]1(CO)O[C@@](C#N)(c2ccc3c(=O)[nH]c(N)nn23)C(O)[C@H]1O.C#C[C@]1(CO)O[C@@](C#N)(c2ccc3c(N)nc(N)nn23)C(O)[C@H]1O.C#C[C@]1(CO)O[C@@](C#N)(c2cnc3c(=O)[nH]c(N)nn23)C(O)[C@H]1O.C#C[C@]1(CO)O[C@@](C#N)(c2cnc3c(N)nc(N)nn23)C(O)[C@H]1O.C#C[C@]1(CO)O[C@@](C#N)(c2cnc3c(N)ncnn23)C(O)[C@H]1O. The lowest BCUT2D eigenvalue weighted by Crippen LogP contribution is -2.45. The third-order valence-electron chi connectivity index (χ3n) is 23.8. The summed E-state index contributed by atoms with van der Waals surface area (Å²) >= 11 is 0. The molecule has 0 aliphatic carbocycles. The Hall–Kier alpha value is -16.6. The van der Waals surface area contributed by atoms with Crippen molar-refractivity contribution in [3.8, 4) is 104 Å². The third kappa shape index (κ3) is 14.9. The van der Waals surface area contributed by atoms with Gasteiger partial charge in [0.2, 0.25) is 57.4 Å². The van der Waals surface area contributed by atoms with Gasteiger partial charge >= 0.3 is 0 Å². The Morgan fingerprint density at radius 1 is 0.343 bits per heavy atom. The molecule has 6 aliphatic rings. The third-order valence-corrected chi connectivity index (χ3v) is 23.8. The second-order valence-electron chi connectivity index (χ2n) is 31.2. The number of hydrogen-bond donors (Lipinski definition) is 28.